The van der Waals surface area contributed by atoms with Gasteiger partial charge < -0.3 is 14.2 Å². The summed E-state index contributed by atoms with van der Waals surface area (Å²) in [6, 6.07) is 8.09. The molecule has 0 radical (unpaired) electrons. The first-order chi connectivity index (χ1) is 14.7. The molecule has 1 saturated heterocycles. The van der Waals surface area contributed by atoms with E-state index in [1.54, 1.807) is 11.5 Å². The second-order valence-electron chi connectivity index (χ2n) is 8.55. The van der Waals surface area contributed by atoms with Crippen LogP contribution in [0.3, 0.4) is 0 Å². The highest BCUT2D eigenvalue weighted by atomic mass is 16.5. The van der Waals surface area contributed by atoms with Crippen LogP contribution < -0.4 is 5.69 Å². The number of fused-ring (bicyclic) bond motifs is 4. The summed E-state index contributed by atoms with van der Waals surface area (Å²) in [5.41, 5.74) is 1.48. The molecule has 0 N–H and O–H groups in total. The quantitative estimate of drug-likeness (QED) is 0.646. The second kappa shape index (κ2) is 7.91. The van der Waals surface area contributed by atoms with E-state index in [1.165, 1.54) is 30.4 Å². The van der Waals surface area contributed by atoms with Crippen molar-refractivity contribution in [2.75, 3.05) is 20.3 Å². The van der Waals surface area contributed by atoms with Gasteiger partial charge in [-0.25, -0.2) is 13.9 Å². The number of piperidine rings is 1. The van der Waals surface area contributed by atoms with Crippen molar-refractivity contribution in [1.29, 1.82) is 0 Å². The third-order valence-electron chi connectivity index (χ3n) is 6.84. The van der Waals surface area contributed by atoms with Crippen LogP contribution in [-0.4, -0.2) is 55.9 Å². The summed E-state index contributed by atoms with van der Waals surface area (Å²) in [5.74, 6) is 1.19. The topological polar surface area (TPSA) is 73.8 Å². The molecule has 30 heavy (non-hydrogen) atoms. The molecule has 0 unspecified atom stereocenters. The highest BCUT2D eigenvalue weighted by molar-refractivity contribution is 5.81. The Hall–Kier alpha value is -2.61. The van der Waals surface area contributed by atoms with Gasteiger partial charge >= 0.3 is 5.69 Å². The molecule has 0 bridgehead atoms. The van der Waals surface area contributed by atoms with E-state index >= 15 is 0 Å². The molecule has 1 amide bonds. The van der Waals surface area contributed by atoms with Crippen molar-refractivity contribution in [3.63, 3.8) is 0 Å². The summed E-state index contributed by atoms with van der Waals surface area (Å²) < 4.78 is 10.2. The number of nitrogens with zero attached hydrogens (tertiary/aromatic N) is 5. The average molecular weight is 412 g/mol. The molecule has 2 atom stereocenters. The SMILES string of the molecule is COCCn1c2ccccc2n2c(=O)n(CC(=O)N3CCC[C@H]4CCCC[C@H]43)nc12. The lowest BCUT2D eigenvalue weighted by atomic mass is 9.78. The maximum absolute atomic E-state index is 13.2. The van der Waals surface area contributed by atoms with Crippen molar-refractivity contribution in [3.8, 4) is 0 Å². The number of ether oxygens (including phenoxy) is 1. The van der Waals surface area contributed by atoms with E-state index in [0.29, 0.717) is 30.9 Å². The van der Waals surface area contributed by atoms with Crippen LogP contribution in [0.2, 0.25) is 0 Å². The van der Waals surface area contributed by atoms with E-state index < -0.39 is 0 Å². The lowest BCUT2D eigenvalue weighted by molar-refractivity contribution is -0.138. The summed E-state index contributed by atoms with van der Waals surface area (Å²) in [4.78, 5) is 28.4. The van der Waals surface area contributed by atoms with Crippen LogP contribution in [-0.2, 0) is 22.6 Å². The van der Waals surface area contributed by atoms with Crippen LogP contribution in [0, 0.1) is 5.92 Å². The molecule has 3 aromatic rings. The minimum absolute atomic E-state index is 0.00232. The van der Waals surface area contributed by atoms with Crippen molar-refractivity contribution in [1.82, 2.24) is 23.6 Å². The Morgan fingerprint density at radius 2 is 1.90 bits per heavy atom. The number of hydrogen-bond donors (Lipinski definition) is 0. The number of aromatic nitrogens is 4. The minimum atomic E-state index is -0.261. The van der Waals surface area contributed by atoms with E-state index in [-0.39, 0.29) is 18.1 Å². The van der Waals surface area contributed by atoms with E-state index in [1.807, 2.05) is 33.7 Å². The van der Waals surface area contributed by atoms with Crippen LogP contribution in [0.5, 0.6) is 0 Å². The van der Waals surface area contributed by atoms with Gasteiger partial charge in [-0.1, -0.05) is 25.0 Å². The van der Waals surface area contributed by atoms with Gasteiger partial charge in [-0.05, 0) is 43.7 Å². The molecule has 1 aliphatic heterocycles. The summed E-state index contributed by atoms with van der Waals surface area (Å²) >= 11 is 0. The Labute approximate surface area is 175 Å². The summed E-state index contributed by atoms with van der Waals surface area (Å²) in [6.07, 6.45) is 7.04. The standard InChI is InChI=1S/C22H29N5O3/c1-30-14-13-25-18-10-4-5-11-19(18)27-21(25)23-26(22(27)29)15-20(28)24-12-6-8-16-7-2-3-9-17(16)24/h4-5,10-11,16-17H,2-3,6-9,12-15H2,1H3/t16-,17-/m1/s1. The Morgan fingerprint density at radius 3 is 2.73 bits per heavy atom. The second-order valence-corrected chi connectivity index (χ2v) is 8.55. The van der Waals surface area contributed by atoms with Gasteiger partial charge in [0.1, 0.15) is 6.54 Å². The fraction of sp³-hybridized carbons (Fsp3) is 0.591. The maximum Gasteiger partial charge on any atom is 0.352 e. The maximum atomic E-state index is 13.2. The number of hydrogen-bond acceptors (Lipinski definition) is 4. The first-order valence-corrected chi connectivity index (χ1v) is 11.0. The Balaban J connectivity index is 1.48. The van der Waals surface area contributed by atoms with Crippen LogP contribution in [0.1, 0.15) is 38.5 Å². The summed E-state index contributed by atoms with van der Waals surface area (Å²) in [5, 5.41) is 4.57. The number of imidazole rings is 1. The molecule has 1 aromatic carbocycles. The number of carbonyl (C=O) groups excluding carboxylic acids is 1. The number of likely N-dealkylation sites (tertiary alicyclic amines) is 1. The van der Waals surface area contributed by atoms with Crippen molar-refractivity contribution in [2.24, 2.45) is 5.92 Å². The van der Waals surface area contributed by atoms with Crippen LogP contribution in [0.25, 0.3) is 16.8 Å². The molecular weight excluding hydrogens is 382 g/mol. The van der Waals surface area contributed by atoms with Crippen molar-refractivity contribution >= 4 is 22.7 Å². The lowest BCUT2D eigenvalue weighted by Crippen LogP contribution is -2.51. The van der Waals surface area contributed by atoms with E-state index in [9.17, 15) is 9.59 Å². The van der Waals surface area contributed by atoms with Gasteiger partial charge in [-0.15, -0.1) is 5.10 Å². The monoisotopic (exact) mass is 411 g/mol. The smallest absolute Gasteiger partial charge is 0.352 e. The van der Waals surface area contributed by atoms with Gasteiger partial charge in [-0.3, -0.25) is 4.79 Å². The zero-order valence-electron chi connectivity index (χ0n) is 17.5. The van der Waals surface area contributed by atoms with E-state index in [0.717, 1.165) is 30.4 Å². The molecule has 0 spiro atoms. The third-order valence-corrected chi connectivity index (χ3v) is 6.84. The third kappa shape index (κ3) is 3.14. The van der Waals surface area contributed by atoms with Crippen molar-refractivity contribution < 1.29 is 9.53 Å². The van der Waals surface area contributed by atoms with Gasteiger partial charge in [-0.2, -0.15) is 0 Å². The zero-order chi connectivity index (χ0) is 20.7. The van der Waals surface area contributed by atoms with Crippen LogP contribution >= 0.6 is 0 Å². The van der Waals surface area contributed by atoms with Gasteiger partial charge in [0.2, 0.25) is 11.7 Å². The molecule has 3 heterocycles. The van der Waals surface area contributed by atoms with Gasteiger partial charge in [0.05, 0.1) is 17.6 Å². The number of carbonyl (C=O) groups is 1. The van der Waals surface area contributed by atoms with E-state index in [2.05, 4.69) is 5.10 Å². The van der Waals surface area contributed by atoms with Crippen molar-refractivity contribution in [2.45, 2.75) is 57.7 Å². The fourth-order valence-electron chi connectivity index (χ4n) is 5.43. The molecule has 8 heteroatoms. The Morgan fingerprint density at radius 1 is 1.13 bits per heavy atom. The molecule has 2 aliphatic rings. The fourth-order valence-corrected chi connectivity index (χ4v) is 5.43. The van der Waals surface area contributed by atoms with Crippen molar-refractivity contribution in [3.05, 3.63) is 34.7 Å². The van der Waals surface area contributed by atoms with E-state index in [4.69, 9.17) is 4.74 Å². The predicted octanol–water partition coefficient (Wildman–Crippen LogP) is 2.28. The van der Waals surface area contributed by atoms with Gasteiger partial charge in [0, 0.05) is 26.2 Å². The number of amides is 1. The first-order valence-electron chi connectivity index (χ1n) is 11.0. The van der Waals surface area contributed by atoms with Crippen LogP contribution in [0.4, 0.5) is 0 Å². The lowest BCUT2D eigenvalue weighted by Gasteiger charge is -2.44. The largest absolute Gasteiger partial charge is 0.383 e. The number of para-hydroxylation sites is 2. The average Bonchev–Trinajstić information content (AvgIpc) is 3.26. The number of methoxy groups -OCH3 is 1. The molecule has 8 nitrogen and oxygen atoms in total. The van der Waals surface area contributed by atoms with Gasteiger partial charge in [0.15, 0.2) is 0 Å². The zero-order valence-corrected chi connectivity index (χ0v) is 17.5. The molecule has 2 aromatic heterocycles. The summed E-state index contributed by atoms with van der Waals surface area (Å²) in [6.45, 7) is 1.91. The number of rotatable bonds is 5. The van der Waals surface area contributed by atoms with Gasteiger partial charge in [0.25, 0.3) is 0 Å². The molecule has 160 valence electrons. The first kappa shape index (κ1) is 19.4. The molecular formula is C22H29N5O3. The normalized spacial score (nSPS) is 22.0. The molecule has 5 rings (SSSR count). The highest BCUT2D eigenvalue weighted by Crippen LogP contribution is 2.35. The minimum Gasteiger partial charge on any atom is -0.383 e. The summed E-state index contributed by atoms with van der Waals surface area (Å²) in [7, 11) is 1.66. The molecule has 1 saturated carbocycles. The Bertz CT molecular complexity index is 1130. The van der Waals surface area contributed by atoms with Crippen LogP contribution in [0.15, 0.2) is 29.1 Å². The number of benzene rings is 1. The molecule has 2 fully saturated rings. The Kier molecular flexibility index (Phi) is 5.10. The molecule has 1 aliphatic carbocycles. The highest BCUT2D eigenvalue weighted by Gasteiger charge is 2.36. The predicted molar refractivity (Wildman–Crippen MR) is 114 cm³/mol.